The fourth-order valence-electron chi connectivity index (χ4n) is 6.04. The molecule has 0 saturated carbocycles. The number of carbonyl (C=O) groups is 1. The van der Waals surface area contributed by atoms with Crippen molar-refractivity contribution in [1.29, 1.82) is 0 Å². The molecule has 0 spiro atoms. The van der Waals surface area contributed by atoms with Crippen molar-refractivity contribution in [2.24, 2.45) is 5.92 Å². The molecule has 3 atom stereocenters. The first-order chi connectivity index (χ1) is 22.6. The summed E-state index contributed by atoms with van der Waals surface area (Å²) in [5.41, 5.74) is 1.30. The highest BCUT2D eigenvalue weighted by molar-refractivity contribution is 7.99. The lowest BCUT2D eigenvalue weighted by molar-refractivity contribution is -0.277. The number of hydrogen-bond acceptors (Lipinski definition) is 6. The molecule has 5 nitrogen and oxygen atoms in total. The number of ketones is 1. The number of allylic oxidation sites excluding steroid dienone is 1. The van der Waals surface area contributed by atoms with Crippen molar-refractivity contribution in [2.75, 3.05) is 12.9 Å². The second-order valence-corrected chi connectivity index (χ2v) is 18.7. The van der Waals surface area contributed by atoms with Gasteiger partial charge in [0.25, 0.3) is 5.95 Å². The minimum absolute atomic E-state index is 0.0794. The van der Waals surface area contributed by atoms with Gasteiger partial charge in [0.2, 0.25) is 8.32 Å². The molecular weight excluding hydrogens is 621 g/mol. The summed E-state index contributed by atoms with van der Waals surface area (Å²) in [4.78, 5) is 14.9. The predicted molar refractivity (Wildman–Crippen MR) is 193 cm³/mol. The van der Waals surface area contributed by atoms with Gasteiger partial charge in [-0.05, 0) is 61.3 Å². The summed E-state index contributed by atoms with van der Waals surface area (Å²) in [5.74, 6) is 0.835. The minimum atomic E-state index is -1.98. The molecule has 0 bridgehead atoms. The summed E-state index contributed by atoms with van der Waals surface area (Å²) in [7, 11) is -0.442. The minimum Gasteiger partial charge on any atom is -0.520 e. The summed E-state index contributed by atoms with van der Waals surface area (Å²) in [5, 5.41) is 0. The van der Waals surface area contributed by atoms with Crippen molar-refractivity contribution in [1.82, 2.24) is 0 Å². The lowest BCUT2D eigenvalue weighted by atomic mass is 9.79. The fraction of sp³-hybridized carbons (Fsp3) is 0.325. The Labute approximate surface area is 285 Å². The number of hydrogen-bond donors (Lipinski definition) is 0. The molecule has 1 unspecified atom stereocenters. The van der Waals surface area contributed by atoms with Gasteiger partial charge in [0.05, 0.1) is 18.8 Å². The van der Waals surface area contributed by atoms with Crippen molar-refractivity contribution in [2.45, 2.75) is 68.2 Å². The van der Waals surface area contributed by atoms with E-state index in [1.165, 1.54) is 6.08 Å². The maximum Gasteiger partial charge on any atom is 0.268 e. The lowest BCUT2D eigenvalue weighted by Gasteiger charge is -2.47. The van der Waals surface area contributed by atoms with E-state index in [1.54, 1.807) is 18.9 Å². The Morgan fingerprint density at radius 2 is 1.34 bits per heavy atom. The summed E-state index contributed by atoms with van der Waals surface area (Å²) in [6.07, 6.45) is 2.63. The van der Waals surface area contributed by atoms with Gasteiger partial charge in [0, 0.05) is 23.0 Å². The normalized spacial score (nSPS) is 20.4. The molecule has 246 valence electrons. The lowest BCUT2D eigenvalue weighted by Crippen LogP contribution is -2.51. The molecule has 1 aliphatic rings. The molecule has 0 N–H and O–H groups in total. The molecule has 1 heterocycles. The van der Waals surface area contributed by atoms with Crippen LogP contribution in [0.15, 0.2) is 138 Å². The zero-order valence-electron chi connectivity index (χ0n) is 28.1. The molecule has 1 fully saturated rings. The summed E-state index contributed by atoms with van der Waals surface area (Å²) in [6.45, 7) is 8.37. The van der Waals surface area contributed by atoms with Gasteiger partial charge in [-0.15, -0.1) is 11.8 Å². The Kier molecular flexibility index (Phi) is 11.5. The Hall–Kier alpha value is -3.62. The van der Waals surface area contributed by atoms with Gasteiger partial charge < -0.3 is 18.6 Å². The average Bonchev–Trinajstić information content (AvgIpc) is 3.08. The Morgan fingerprint density at radius 3 is 1.81 bits per heavy atom. The van der Waals surface area contributed by atoms with Gasteiger partial charge >= 0.3 is 0 Å². The molecule has 47 heavy (non-hydrogen) atoms. The van der Waals surface area contributed by atoms with Crippen LogP contribution in [0.2, 0.25) is 19.6 Å². The van der Waals surface area contributed by atoms with Crippen LogP contribution in [0, 0.1) is 5.92 Å². The molecule has 0 amide bonds. The van der Waals surface area contributed by atoms with Crippen molar-refractivity contribution in [3.8, 4) is 0 Å². The molecule has 1 saturated heterocycles. The second kappa shape index (κ2) is 15.5. The first-order valence-electron chi connectivity index (χ1n) is 16.3. The van der Waals surface area contributed by atoms with Crippen molar-refractivity contribution >= 4 is 25.9 Å². The third-order valence-electron chi connectivity index (χ3n) is 8.35. The number of thioether (sulfide) groups is 1. The summed E-state index contributed by atoms with van der Waals surface area (Å²) in [6, 6.07) is 41.3. The van der Waals surface area contributed by atoms with E-state index in [4.69, 9.17) is 18.6 Å². The monoisotopic (exact) mass is 666 g/mol. The average molecular weight is 667 g/mol. The molecule has 0 aromatic heterocycles. The Bertz CT molecular complexity index is 1500. The van der Waals surface area contributed by atoms with Crippen LogP contribution in [-0.2, 0) is 29.0 Å². The van der Waals surface area contributed by atoms with Gasteiger partial charge in [-0.3, -0.25) is 4.79 Å². The van der Waals surface area contributed by atoms with Gasteiger partial charge in [-0.2, -0.15) is 0 Å². The molecule has 4 aromatic rings. The van der Waals surface area contributed by atoms with Crippen LogP contribution in [0.4, 0.5) is 0 Å². The maximum atomic E-state index is 13.8. The van der Waals surface area contributed by atoms with Gasteiger partial charge in [-0.1, -0.05) is 116 Å². The highest BCUT2D eigenvalue weighted by atomic mass is 32.2. The van der Waals surface area contributed by atoms with E-state index in [0.29, 0.717) is 5.75 Å². The fourth-order valence-corrected chi connectivity index (χ4v) is 7.88. The molecule has 4 aromatic carbocycles. The molecule has 1 aliphatic heterocycles. The first kappa shape index (κ1) is 34.7. The SMILES string of the molecule is CO/C(=C/C(=O)C[C@]1(CSc2ccccc2)CC[C@@H](C)C(OC(c2ccccc2)(c2ccccc2)c2ccccc2)O1)O[Si](C)(C)C. The third kappa shape index (κ3) is 8.85. The van der Waals surface area contributed by atoms with Crippen LogP contribution >= 0.6 is 11.8 Å². The smallest absolute Gasteiger partial charge is 0.268 e. The summed E-state index contributed by atoms with van der Waals surface area (Å²) >= 11 is 1.70. The quantitative estimate of drug-likeness (QED) is 0.0439. The van der Waals surface area contributed by atoms with Gasteiger partial charge in [-0.25, -0.2) is 0 Å². The molecule has 0 radical (unpaired) electrons. The third-order valence-corrected chi connectivity index (χ3v) is 10.4. The number of carbonyl (C=O) groups excluding carboxylic acids is 1. The van der Waals surface area contributed by atoms with E-state index < -0.39 is 25.8 Å². The van der Waals surface area contributed by atoms with E-state index in [1.807, 2.05) is 72.8 Å². The molecule has 0 aliphatic carbocycles. The highest BCUT2D eigenvalue weighted by Gasteiger charge is 2.47. The van der Waals surface area contributed by atoms with E-state index in [2.05, 4.69) is 75.1 Å². The van der Waals surface area contributed by atoms with E-state index in [0.717, 1.165) is 34.4 Å². The number of rotatable bonds is 14. The van der Waals surface area contributed by atoms with E-state index in [-0.39, 0.29) is 24.1 Å². The van der Waals surface area contributed by atoms with E-state index >= 15 is 0 Å². The second-order valence-electron chi connectivity index (χ2n) is 13.2. The van der Waals surface area contributed by atoms with Gasteiger partial charge in [0.1, 0.15) is 5.60 Å². The predicted octanol–water partition coefficient (Wildman–Crippen LogP) is 9.60. The zero-order valence-corrected chi connectivity index (χ0v) is 29.9. The van der Waals surface area contributed by atoms with Gasteiger partial charge in [0.15, 0.2) is 12.1 Å². The van der Waals surface area contributed by atoms with Crippen molar-refractivity contribution in [3.63, 3.8) is 0 Å². The Morgan fingerprint density at radius 1 is 0.851 bits per heavy atom. The molecular formula is C40H46O5SSi. The van der Waals surface area contributed by atoms with Crippen molar-refractivity contribution in [3.05, 3.63) is 150 Å². The van der Waals surface area contributed by atoms with Crippen LogP contribution in [-0.4, -0.2) is 38.9 Å². The molecule has 5 rings (SSSR count). The zero-order chi connectivity index (χ0) is 33.3. The number of methoxy groups -OCH3 is 1. The largest absolute Gasteiger partial charge is 0.520 e. The van der Waals surface area contributed by atoms with Crippen LogP contribution in [0.3, 0.4) is 0 Å². The highest BCUT2D eigenvalue weighted by Crippen LogP contribution is 2.46. The molecule has 7 heteroatoms. The van der Waals surface area contributed by atoms with Crippen LogP contribution in [0.25, 0.3) is 0 Å². The Balaban J connectivity index is 1.55. The standard InChI is InChI=1S/C40H46O5SSi/c1-31-26-27-39(30-46-36-24-16-9-17-25-36,29-35(41)28-37(42-2)45-47(3,4)5)43-38(31)44-40(32-18-10-6-11-19-32,33-20-12-7-13-21-33)34-22-14-8-15-23-34/h6-25,28,31,38H,26-27,29-30H2,1-5H3/b37-28-/t31-,38?,39+/m1/s1. The maximum absolute atomic E-state index is 13.8. The van der Waals surface area contributed by atoms with Crippen LogP contribution in [0.1, 0.15) is 42.9 Å². The van der Waals surface area contributed by atoms with Crippen LogP contribution in [0.5, 0.6) is 0 Å². The van der Waals surface area contributed by atoms with E-state index in [9.17, 15) is 4.79 Å². The van der Waals surface area contributed by atoms with Crippen LogP contribution < -0.4 is 0 Å². The number of benzene rings is 4. The summed E-state index contributed by atoms with van der Waals surface area (Å²) < 4.78 is 26.1. The first-order valence-corrected chi connectivity index (χ1v) is 20.7. The topological polar surface area (TPSA) is 54.0 Å². The number of ether oxygens (including phenoxy) is 3. The van der Waals surface area contributed by atoms with Crippen molar-refractivity contribution < 1.29 is 23.4 Å².